The number of aryl methyl sites for hydroxylation is 1. The number of benzene rings is 2. The molecule has 1 spiro atoms. The van der Waals surface area contributed by atoms with Gasteiger partial charge in [0.2, 0.25) is 0 Å². The molecule has 1 amide bonds. The van der Waals surface area contributed by atoms with Crippen LogP contribution in [0.1, 0.15) is 55.6 Å². The Morgan fingerprint density at radius 1 is 1.21 bits per heavy atom. The second-order valence-electron chi connectivity index (χ2n) is 10.2. The SMILES string of the molecule is COC(=O)N1c2ccc3c(nc(Cc4ccccc4)n3C3CC4(CCNC4)C3)c2CC[C@@H]1C. The molecule has 2 aromatic carbocycles. The quantitative estimate of drug-likeness (QED) is 0.627. The highest BCUT2D eigenvalue weighted by Crippen LogP contribution is 2.53. The summed E-state index contributed by atoms with van der Waals surface area (Å²) in [5, 5.41) is 3.56. The fourth-order valence-corrected chi connectivity index (χ4v) is 6.40. The lowest BCUT2D eigenvalue weighted by molar-refractivity contribution is 0.0849. The fourth-order valence-electron chi connectivity index (χ4n) is 6.40. The van der Waals surface area contributed by atoms with E-state index in [-0.39, 0.29) is 12.1 Å². The number of amides is 1. The number of carbonyl (C=O) groups is 1. The third kappa shape index (κ3) is 3.34. The summed E-state index contributed by atoms with van der Waals surface area (Å²) in [7, 11) is 1.46. The van der Waals surface area contributed by atoms with Crippen LogP contribution in [0, 0.1) is 5.41 Å². The van der Waals surface area contributed by atoms with Crippen molar-refractivity contribution in [1.29, 1.82) is 0 Å². The minimum atomic E-state index is -0.290. The Bertz CT molecular complexity index is 1190. The highest BCUT2D eigenvalue weighted by molar-refractivity contribution is 5.95. The van der Waals surface area contributed by atoms with Crippen molar-refractivity contribution >= 4 is 22.8 Å². The molecule has 0 unspecified atom stereocenters. The predicted octanol–water partition coefficient (Wildman–Crippen LogP) is 4.85. The first-order chi connectivity index (χ1) is 16.1. The van der Waals surface area contributed by atoms with Gasteiger partial charge in [0.1, 0.15) is 5.82 Å². The van der Waals surface area contributed by atoms with E-state index in [2.05, 4.69) is 59.3 Å². The molecular formula is C27H32N4O2. The maximum absolute atomic E-state index is 12.6. The molecule has 1 atom stereocenters. The number of hydrogen-bond donors (Lipinski definition) is 1. The molecule has 2 aliphatic heterocycles. The van der Waals surface area contributed by atoms with E-state index in [1.54, 1.807) is 4.90 Å². The number of aromatic nitrogens is 2. The summed E-state index contributed by atoms with van der Waals surface area (Å²) in [5.41, 5.74) is 6.16. The van der Waals surface area contributed by atoms with Crippen LogP contribution in [-0.2, 0) is 17.6 Å². The van der Waals surface area contributed by atoms with Crippen LogP contribution in [0.3, 0.4) is 0 Å². The second kappa shape index (κ2) is 7.87. The molecule has 0 bridgehead atoms. The summed E-state index contributed by atoms with van der Waals surface area (Å²) in [6, 6.07) is 15.5. The number of rotatable bonds is 3. The van der Waals surface area contributed by atoms with Crippen LogP contribution in [0.15, 0.2) is 42.5 Å². The van der Waals surface area contributed by atoms with Gasteiger partial charge in [0.25, 0.3) is 0 Å². The van der Waals surface area contributed by atoms with Crippen LogP contribution >= 0.6 is 0 Å². The van der Waals surface area contributed by atoms with Gasteiger partial charge in [-0.15, -0.1) is 0 Å². The van der Waals surface area contributed by atoms with E-state index in [4.69, 9.17) is 9.72 Å². The van der Waals surface area contributed by atoms with Crippen LogP contribution in [0.4, 0.5) is 10.5 Å². The molecule has 2 fully saturated rings. The first-order valence-electron chi connectivity index (χ1n) is 12.2. The average Bonchev–Trinajstić information content (AvgIpc) is 3.43. The summed E-state index contributed by atoms with van der Waals surface area (Å²) < 4.78 is 7.63. The van der Waals surface area contributed by atoms with E-state index in [1.165, 1.54) is 43.0 Å². The van der Waals surface area contributed by atoms with Crippen LogP contribution in [0.25, 0.3) is 11.0 Å². The molecule has 172 valence electrons. The van der Waals surface area contributed by atoms with Gasteiger partial charge in [-0.25, -0.2) is 9.78 Å². The van der Waals surface area contributed by atoms with Gasteiger partial charge in [-0.1, -0.05) is 30.3 Å². The smallest absolute Gasteiger partial charge is 0.414 e. The predicted molar refractivity (Wildman–Crippen MR) is 130 cm³/mol. The van der Waals surface area contributed by atoms with Crippen LogP contribution in [-0.4, -0.2) is 41.9 Å². The number of ether oxygens (including phenoxy) is 1. The number of fused-ring (bicyclic) bond motifs is 3. The molecule has 6 rings (SSSR count). The monoisotopic (exact) mass is 444 g/mol. The third-order valence-electron chi connectivity index (χ3n) is 8.14. The molecule has 1 N–H and O–H groups in total. The molecule has 6 nitrogen and oxygen atoms in total. The van der Waals surface area contributed by atoms with E-state index in [1.807, 2.05) is 0 Å². The van der Waals surface area contributed by atoms with Crippen molar-refractivity contribution in [2.75, 3.05) is 25.1 Å². The Morgan fingerprint density at radius 3 is 2.76 bits per heavy atom. The zero-order chi connectivity index (χ0) is 22.6. The summed E-state index contributed by atoms with van der Waals surface area (Å²) in [6.07, 6.45) is 6.10. The van der Waals surface area contributed by atoms with Gasteiger partial charge in [0.05, 0.1) is 23.8 Å². The minimum Gasteiger partial charge on any atom is -0.452 e. The van der Waals surface area contributed by atoms with Crippen molar-refractivity contribution in [3.05, 3.63) is 59.4 Å². The standard InChI is InChI=1S/C27H32N4O2/c1-18-8-9-21-22(30(18)26(32)33-2)10-11-23-25(21)29-24(14-19-6-4-3-5-7-19)31(23)20-15-27(16-20)12-13-28-17-27/h3-7,10-11,18,20,28H,8-9,12-17H2,1-2H3/t18-,20?,27?/m0/s1. The highest BCUT2D eigenvalue weighted by atomic mass is 16.5. The van der Waals surface area contributed by atoms with Crippen molar-refractivity contribution in [1.82, 2.24) is 14.9 Å². The first kappa shape index (κ1) is 20.7. The molecule has 3 heterocycles. The summed E-state index contributed by atoms with van der Waals surface area (Å²) in [5.74, 6) is 1.14. The van der Waals surface area contributed by atoms with Crippen molar-refractivity contribution in [2.24, 2.45) is 5.41 Å². The van der Waals surface area contributed by atoms with Crippen molar-refractivity contribution < 1.29 is 9.53 Å². The maximum atomic E-state index is 12.6. The van der Waals surface area contributed by atoms with E-state index in [9.17, 15) is 4.79 Å². The second-order valence-corrected chi connectivity index (χ2v) is 10.2. The number of hydrogen-bond acceptors (Lipinski definition) is 4. The normalized spacial score (nSPS) is 26.4. The van der Waals surface area contributed by atoms with Gasteiger partial charge in [-0.2, -0.15) is 0 Å². The number of nitrogens with one attached hydrogen (secondary N) is 1. The van der Waals surface area contributed by atoms with E-state index >= 15 is 0 Å². The summed E-state index contributed by atoms with van der Waals surface area (Å²) >= 11 is 0. The largest absolute Gasteiger partial charge is 0.452 e. The molecule has 0 radical (unpaired) electrons. The molecular weight excluding hydrogens is 412 g/mol. The lowest BCUT2D eigenvalue weighted by Crippen LogP contribution is -2.42. The first-order valence-corrected chi connectivity index (χ1v) is 12.2. The van der Waals surface area contributed by atoms with Gasteiger partial charge < -0.3 is 14.6 Å². The Hall–Kier alpha value is -2.86. The van der Waals surface area contributed by atoms with Gasteiger partial charge in [-0.05, 0) is 68.7 Å². The molecule has 3 aromatic rings. The van der Waals surface area contributed by atoms with Gasteiger partial charge >= 0.3 is 6.09 Å². The summed E-state index contributed by atoms with van der Waals surface area (Å²) in [6.45, 7) is 4.38. The third-order valence-corrected chi connectivity index (χ3v) is 8.14. The summed E-state index contributed by atoms with van der Waals surface area (Å²) in [4.78, 5) is 19.6. The Balaban J connectivity index is 1.46. The molecule has 1 aromatic heterocycles. The Kier molecular flexibility index (Phi) is 4.94. The zero-order valence-electron chi connectivity index (χ0n) is 19.5. The molecule has 1 aliphatic carbocycles. The van der Waals surface area contributed by atoms with Crippen molar-refractivity contribution in [3.63, 3.8) is 0 Å². The molecule has 3 aliphatic rings. The lowest BCUT2D eigenvalue weighted by Gasteiger charge is -2.46. The number of methoxy groups -OCH3 is 1. The number of anilines is 1. The van der Waals surface area contributed by atoms with Crippen LogP contribution < -0.4 is 10.2 Å². The minimum absolute atomic E-state index is 0.120. The molecule has 33 heavy (non-hydrogen) atoms. The van der Waals surface area contributed by atoms with Crippen LogP contribution in [0.2, 0.25) is 0 Å². The van der Waals surface area contributed by atoms with E-state index in [0.29, 0.717) is 11.5 Å². The Labute approximate surface area is 194 Å². The number of nitrogens with zero attached hydrogens (tertiary/aromatic N) is 3. The fraction of sp³-hybridized carbons (Fsp3) is 0.481. The van der Waals surface area contributed by atoms with Gasteiger partial charge in [0, 0.05) is 30.6 Å². The topological polar surface area (TPSA) is 59.4 Å². The number of imidazole rings is 1. The van der Waals surface area contributed by atoms with Crippen molar-refractivity contribution in [2.45, 2.75) is 57.5 Å². The Morgan fingerprint density at radius 2 is 2.03 bits per heavy atom. The number of carbonyl (C=O) groups excluding carboxylic acids is 1. The van der Waals surface area contributed by atoms with Crippen LogP contribution in [0.5, 0.6) is 0 Å². The highest BCUT2D eigenvalue weighted by Gasteiger charge is 2.47. The van der Waals surface area contributed by atoms with E-state index < -0.39 is 0 Å². The molecule has 6 heteroatoms. The zero-order valence-corrected chi connectivity index (χ0v) is 19.5. The average molecular weight is 445 g/mol. The molecule has 1 saturated carbocycles. The lowest BCUT2D eigenvalue weighted by atomic mass is 9.65. The van der Waals surface area contributed by atoms with E-state index in [0.717, 1.165) is 49.4 Å². The van der Waals surface area contributed by atoms with Gasteiger partial charge in [-0.3, -0.25) is 4.90 Å². The van der Waals surface area contributed by atoms with Gasteiger partial charge in [0.15, 0.2) is 0 Å². The molecule has 1 saturated heterocycles. The van der Waals surface area contributed by atoms with Crippen molar-refractivity contribution in [3.8, 4) is 0 Å². The maximum Gasteiger partial charge on any atom is 0.414 e.